The molecule has 2 aromatic rings. The number of rotatable bonds is 5. The Morgan fingerprint density at radius 3 is 2.43 bits per heavy atom. The van der Waals surface area contributed by atoms with E-state index in [9.17, 15) is 0 Å². The van der Waals surface area contributed by atoms with Crippen LogP contribution in [0.5, 0.6) is 5.75 Å². The lowest BCUT2D eigenvalue weighted by atomic mass is 10.2. The van der Waals surface area contributed by atoms with Crippen molar-refractivity contribution in [3.63, 3.8) is 0 Å². The minimum Gasteiger partial charge on any atom is -0.493 e. The largest absolute Gasteiger partial charge is 0.493 e. The van der Waals surface area contributed by atoms with Gasteiger partial charge in [0.05, 0.1) is 13.2 Å². The Morgan fingerprint density at radius 2 is 1.76 bits per heavy atom. The van der Waals surface area contributed by atoms with Crippen LogP contribution in [0.2, 0.25) is 0 Å². The van der Waals surface area contributed by atoms with Gasteiger partial charge in [-0.1, -0.05) is 29.5 Å². The first-order valence-corrected chi connectivity index (χ1v) is 7.88. The van der Waals surface area contributed by atoms with E-state index in [4.69, 9.17) is 10.5 Å². The number of thioether (sulfide) groups is 1. The molecule has 0 atom stereocenters. The lowest BCUT2D eigenvalue weighted by Gasteiger charge is -2.06. The third kappa shape index (κ3) is 5.55. The first kappa shape index (κ1) is 15.5. The molecule has 3 heteroatoms. The van der Waals surface area contributed by atoms with Crippen LogP contribution in [0.4, 0.5) is 0 Å². The third-order valence-corrected chi connectivity index (χ3v) is 3.81. The normalized spacial score (nSPS) is 9.81. The second kappa shape index (κ2) is 8.41. The molecule has 0 spiro atoms. The highest BCUT2D eigenvalue weighted by atomic mass is 32.2. The summed E-state index contributed by atoms with van der Waals surface area (Å²) >= 11 is 1.80. The van der Waals surface area contributed by atoms with E-state index in [1.165, 1.54) is 10.5 Å². The lowest BCUT2D eigenvalue weighted by Crippen LogP contribution is -1.99. The Morgan fingerprint density at radius 1 is 1.05 bits per heavy atom. The van der Waals surface area contributed by atoms with Gasteiger partial charge in [0, 0.05) is 16.2 Å². The van der Waals surface area contributed by atoms with Crippen LogP contribution in [0, 0.1) is 18.8 Å². The Kier molecular flexibility index (Phi) is 6.21. The second-order valence-electron chi connectivity index (χ2n) is 4.54. The number of hydrogen-bond donors (Lipinski definition) is 1. The second-order valence-corrected chi connectivity index (χ2v) is 5.71. The van der Waals surface area contributed by atoms with Gasteiger partial charge in [0.1, 0.15) is 5.75 Å². The molecule has 0 amide bonds. The maximum absolute atomic E-state index is 5.72. The highest BCUT2D eigenvalue weighted by Gasteiger charge is 1.96. The molecule has 2 N–H and O–H groups in total. The smallest absolute Gasteiger partial charge is 0.119 e. The Hall–Kier alpha value is -1.89. The van der Waals surface area contributed by atoms with Crippen molar-refractivity contribution < 1.29 is 4.74 Å². The molecule has 0 bridgehead atoms. The molecule has 0 aliphatic carbocycles. The van der Waals surface area contributed by atoms with Crippen LogP contribution in [-0.2, 0) is 0 Å². The zero-order chi connectivity index (χ0) is 14.9. The third-order valence-electron chi connectivity index (χ3n) is 2.83. The van der Waals surface area contributed by atoms with Gasteiger partial charge in [0.2, 0.25) is 0 Å². The molecular weight excluding hydrogens is 278 g/mol. The highest BCUT2D eigenvalue weighted by Crippen LogP contribution is 2.18. The van der Waals surface area contributed by atoms with Crippen LogP contribution < -0.4 is 10.5 Å². The van der Waals surface area contributed by atoms with E-state index < -0.39 is 0 Å². The van der Waals surface area contributed by atoms with E-state index in [0.29, 0.717) is 13.2 Å². The van der Waals surface area contributed by atoms with E-state index >= 15 is 0 Å². The molecule has 0 aliphatic heterocycles. The van der Waals surface area contributed by atoms with Crippen LogP contribution in [-0.4, -0.2) is 18.9 Å². The molecule has 21 heavy (non-hydrogen) atoms. The highest BCUT2D eigenvalue weighted by molar-refractivity contribution is 7.99. The fourth-order valence-corrected chi connectivity index (χ4v) is 2.47. The zero-order valence-electron chi connectivity index (χ0n) is 12.1. The number of nitrogens with two attached hydrogens (primary N) is 1. The maximum atomic E-state index is 5.72. The summed E-state index contributed by atoms with van der Waals surface area (Å²) in [6, 6.07) is 16.3. The molecule has 0 heterocycles. The minimum atomic E-state index is 0.383. The molecule has 0 aliphatic rings. The monoisotopic (exact) mass is 297 g/mol. The standard InChI is InChI=1S/C18H19NOS/c1-15-4-10-18(11-5-15)21-14-13-20-17-8-6-16(7-9-17)3-2-12-19/h4-11H,12-14,19H2,1H3. The molecule has 2 nitrogen and oxygen atoms in total. The zero-order valence-corrected chi connectivity index (χ0v) is 13.0. The fraction of sp³-hybridized carbons (Fsp3) is 0.222. The predicted molar refractivity (Wildman–Crippen MR) is 89.8 cm³/mol. The van der Waals surface area contributed by atoms with Gasteiger partial charge in [-0.05, 0) is 43.3 Å². The molecule has 0 unspecified atom stereocenters. The van der Waals surface area contributed by atoms with Gasteiger partial charge in [-0.25, -0.2) is 0 Å². The van der Waals surface area contributed by atoms with Crippen molar-refractivity contribution in [1.29, 1.82) is 0 Å². The van der Waals surface area contributed by atoms with Gasteiger partial charge in [0.25, 0.3) is 0 Å². The summed E-state index contributed by atoms with van der Waals surface area (Å²) in [6.45, 7) is 3.17. The van der Waals surface area contributed by atoms with E-state index in [0.717, 1.165) is 17.1 Å². The van der Waals surface area contributed by atoms with Crippen molar-refractivity contribution in [2.45, 2.75) is 11.8 Å². The molecule has 0 fully saturated rings. The van der Waals surface area contributed by atoms with E-state index in [1.807, 2.05) is 24.3 Å². The molecule has 0 radical (unpaired) electrons. The van der Waals surface area contributed by atoms with Crippen LogP contribution in [0.15, 0.2) is 53.4 Å². The van der Waals surface area contributed by atoms with Gasteiger partial charge in [-0.2, -0.15) is 0 Å². The molecule has 0 saturated carbocycles. The fourth-order valence-electron chi connectivity index (χ4n) is 1.74. The summed E-state index contributed by atoms with van der Waals surface area (Å²) in [7, 11) is 0. The van der Waals surface area contributed by atoms with E-state index in [-0.39, 0.29) is 0 Å². The summed E-state index contributed by atoms with van der Waals surface area (Å²) in [5.41, 5.74) is 7.59. The summed E-state index contributed by atoms with van der Waals surface area (Å²) in [5.74, 6) is 7.62. The quantitative estimate of drug-likeness (QED) is 0.521. The molecule has 2 rings (SSSR count). The average Bonchev–Trinajstić information content (AvgIpc) is 2.52. The topological polar surface area (TPSA) is 35.2 Å². The minimum absolute atomic E-state index is 0.383. The number of aryl methyl sites for hydroxylation is 1. The van der Waals surface area contributed by atoms with Gasteiger partial charge < -0.3 is 10.5 Å². The van der Waals surface area contributed by atoms with Crippen molar-refractivity contribution in [3.8, 4) is 17.6 Å². The summed E-state index contributed by atoms with van der Waals surface area (Å²) in [4.78, 5) is 1.27. The van der Waals surface area contributed by atoms with Crippen LogP contribution in [0.3, 0.4) is 0 Å². The molecular formula is C18H19NOS. The van der Waals surface area contributed by atoms with Crippen molar-refractivity contribution >= 4 is 11.8 Å². The Labute approximate surface area is 130 Å². The van der Waals surface area contributed by atoms with E-state index in [2.05, 4.69) is 43.0 Å². The van der Waals surface area contributed by atoms with Gasteiger partial charge in [-0.15, -0.1) is 11.8 Å². The molecule has 2 aromatic carbocycles. The lowest BCUT2D eigenvalue weighted by molar-refractivity contribution is 0.344. The molecule has 108 valence electrons. The first-order chi connectivity index (χ1) is 10.3. The Balaban J connectivity index is 1.74. The van der Waals surface area contributed by atoms with Gasteiger partial charge in [-0.3, -0.25) is 0 Å². The maximum Gasteiger partial charge on any atom is 0.119 e. The van der Waals surface area contributed by atoms with Gasteiger partial charge >= 0.3 is 0 Å². The molecule has 0 saturated heterocycles. The van der Waals surface area contributed by atoms with Crippen molar-refractivity contribution in [2.24, 2.45) is 5.73 Å². The summed E-state index contributed by atoms with van der Waals surface area (Å²) < 4.78 is 5.72. The van der Waals surface area contributed by atoms with Gasteiger partial charge in [0.15, 0.2) is 0 Å². The average molecular weight is 297 g/mol. The summed E-state index contributed by atoms with van der Waals surface area (Å²) in [6.07, 6.45) is 0. The SMILES string of the molecule is Cc1ccc(SCCOc2ccc(C#CCN)cc2)cc1. The number of ether oxygens (including phenoxy) is 1. The Bertz CT molecular complexity index is 608. The number of benzene rings is 2. The van der Waals surface area contributed by atoms with Crippen molar-refractivity contribution in [1.82, 2.24) is 0 Å². The number of hydrogen-bond acceptors (Lipinski definition) is 3. The van der Waals surface area contributed by atoms with Crippen LogP contribution in [0.1, 0.15) is 11.1 Å². The van der Waals surface area contributed by atoms with Crippen LogP contribution in [0.25, 0.3) is 0 Å². The van der Waals surface area contributed by atoms with E-state index in [1.54, 1.807) is 11.8 Å². The van der Waals surface area contributed by atoms with Crippen molar-refractivity contribution in [3.05, 3.63) is 59.7 Å². The first-order valence-electron chi connectivity index (χ1n) is 6.89. The predicted octanol–water partition coefficient (Wildman–Crippen LogP) is 3.48. The summed E-state index contributed by atoms with van der Waals surface area (Å²) in [5, 5.41) is 0. The van der Waals surface area contributed by atoms with Crippen molar-refractivity contribution in [2.75, 3.05) is 18.9 Å². The molecule has 0 aromatic heterocycles. The van der Waals surface area contributed by atoms with Crippen LogP contribution >= 0.6 is 11.8 Å².